The molecule has 1 aromatic heterocycles. The molecule has 0 spiro atoms. The summed E-state index contributed by atoms with van der Waals surface area (Å²) in [6.45, 7) is 4.35. The number of fused-ring (bicyclic) bond motifs is 1. The highest BCUT2D eigenvalue weighted by atomic mass is 15.2. The second kappa shape index (κ2) is 5.07. The summed E-state index contributed by atoms with van der Waals surface area (Å²) in [7, 11) is 0. The van der Waals surface area contributed by atoms with E-state index in [1.807, 2.05) is 18.3 Å². The molecule has 3 rings (SSSR count). The smallest absolute Gasteiger partial charge is 0.125 e. The topological polar surface area (TPSA) is 42.8 Å². The van der Waals surface area contributed by atoms with Crippen molar-refractivity contribution < 1.29 is 0 Å². The van der Waals surface area contributed by atoms with E-state index in [1.54, 1.807) is 0 Å². The van der Waals surface area contributed by atoms with Crippen molar-refractivity contribution in [2.75, 3.05) is 13.1 Å². The number of hydrogen-bond acceptors (Lipinski definition) is 2. The van der Waals surface area contributed by atoms with E-state index in [2.05, 4.69) is 35.0 Å². The van der Waals surface area contributed by atoms with Gasteiger partial charge in [-0.25, -0.2) is 0 Å². The number of nitrogens with one attached hydrogen (secondary N) is 1. The minimum atomic E-state index is -0.122. The number of rotatable bonds is 2. The van der Waals surface area contributed by atoms with Gasteiger partial charge in [0.05, 0.1) is 6.07 Å². The summed E-state index contributed by atoms with van der Waals surface area (Å²) in [6, 6.07) is 10.6. The maximum absolute atomic E-state index is 9.57. The van der Waals surface area contributed by atoms with Gasteiger partial charge in [0.25, 0.3) is 0 Å². The summed E-state index contributed by atoms with van der Waals surface area (Å²) in [6.07, 6.45) is 4.39. The van der Waals surface area contributed by atoms with Gasteiger partial charge in [0.2, 0.25) is 0 Å². The first-order chi connectivity index (χ1) is 9.29. The van der Waals surface area contributed by atoms with E-state index in [0.29, 0.717) is 0 Å². The van der Waals surface area contributed by atoms with Crippen LogP contribution in [0, 0.1) is 17.2 Å². The number of piperidine rings is 1. The van der Waals surface area contributed by atoms with Gasteiger partial charge in [-0.15, -0.1) is 0 Å². The van der Waals surface area contributed by atoms with Gasteiger partial charge in [0, 0.05) is 22.7 Å². The Hall–Kier alpha value is -1.79. The molecule has 1 atom stereocenters. The molecule has 19 heavy (non-hydrogen) atoms. The lowest BCUT2D eigenvalue weighted by molar-refractivity contribution is 0.165. The molecule has 1 aromatic carbocycles. The molecular formula is C16H19N3. The summed E-state index contributed by atoms with van der Waals surface area (Å²) in [5.74, 6) is 0.790. The van der Waals surface area contributed by atoms with E-state index in [9.17, 15) is 5.26 Å². The van der Waals surface area contributed by atoms with E-state index in [0.717, 1.165) is 30.1 Å². The SMILES string of the molecule is CC1CCN(C(C#N)c2c[nH]c3ccccc23)CC1. The Bertz CT molecular complexity index is 600. The van der Waals surface area contributed by atoms with Gasteiger partial charge in [-0.2, -0.15) is 5.26 Å². The molecule has 1 unspecified atom stereocenters. The Morgan fingerprint density at radius 3 is 2.79 bits per heavy atom. The number of nitrogens with zero attached hydrogens (tertiary/aromatic N) is 2. The molecule has 98 valence electrons. The standard InChI is InChI=1S/C16H19N3/c1-12-6-8-19(9-7-12)16(10-17)14-11-18-15-5-3-2-4-13(14)15/h2-5,11-12,16,18H,6-9H2,1H3. The molecular weight excluding hydrogens is 234 g/mol. The van der Waals surface area contributed by atoms with E-state index in [-0.39, 0.29) is 6.04 Å². The van der Waals surface area contributed by atoms with E-state index < -0.39 is 0 Å². The summed E-state index contributed by atoms with van der Waals surface area (Å²) in [4.78, 5) is 5.59. The molecule has 0 aliphatic carbocycles. The number of para-hydroxylation sites is 1. The lowest BCUT2D eigenvalue weighted by atomic mass is 9.96. The number of nitriles is 1. The Kier molecular flexibility index (Phi) is 3.27. The zero-order chi connectivity index (χ0) is 13.2. The Balaban J connectivity index is 1.92. The summed E-state index contributed by atoms with van der Waals surface area (Å²) in [5, 5.41) is 10.7. The molecule has 2 aromatic rings. The number of aromatic amines is 1. The van der Waals surface area contributed by atoms with Gasteiger partial charge in [-0.05, 0) is 37.9 Å². The average Bonchev–Trinajstić information content (AvgIpc) is 2.86. The Morgan fingerprint density at radius 2 is 2.05 bits per heavy atom. The van der Waals surface area contributed by atoms with Crippen LogP contribution in [0.4, 0.5) is 0 Å². The van der Waals surface area contributed by atoms with E-state index in [4.69, 9.17) is 0 Å². The van der Waals surface area contributed by atoms with Crippen molar-refractivity contribution in [2.45, 2.75) is 25.8 Å². The van der Waals surface area contributed by atoms with Crippen LogP contribution in [0.5, 0.6) is 0 Å². The molecule has 0 amide bonds. The number of hydrogen-bond donors (Lipinski definition) is 1. The number of H-pyrrole nitrogens is 1. The first-order valence-corrected chi connectivity index (χ1v) is 6.99. The van der Waals surface area contributed by atoms with Crippen molar-refractivity contribution in [1.82, 2.24) is 9.88 Å². The normalized spacial score (nSPS) is 19.4. The summed E-state index contributed by atoms with van der Waals surface area (Å²) < 4.78 is 0. The van der Waals surface area contributed by atoms with Crippen molar-refractivity contribution in [3.63, 3.8) is 0 Å². The van der Waals surface area contributed by atoms with Crippen molar-refractivity contribution in [3.05, 3.63) is 36.0 Å². The Morgan fingerprint density at radius 1 is 1.32 bits per heavy atom. The molecule has 1 aliphatic heterocycles. The average molecular weight is 253 g/mol. The van der Waals surface area contributed by atoms with Crippen molar-refractivity contribution in [1.29, 1.82) is 5.26 Å². The second-order valence-corrected chi connectivity index (χ2v) is 5.54. The lowest BCUT2D eigenvalue weighted by Crippen LogP contribution is -2.35. The van der Waals surface area contributed by atoms with Crippen LogP contribution < -0.4 is 0 Å². The van der Waals surface area contributed by atoms with Crippen LogP contribution in [-0.4, -0.2) is 23.0 Å². The third kappa shape index (κ3) is 2.24. The fraction of sp³-hybridized carbons (Fsp3) is 0.438. The van der Waals surface area contributed by atoms with Gasteiger partial charge in [0.15, 0.2) is 0 Å². The summed E-state index contributed by atoms with van der Waals surface area (Å²) in [5.41, 5.74) is 2.23. The second-order valence-electron chi connectivity index (χ2n) is 5.54. The van der Waals surface area contributed by atoms with Crippen LogP contribution in [0.3, 0.4) is 0 Å². The van der Waals surface area contributed by atoms with Gasteiger partial charge in [-0.1, -0.05) is 25.1 Å². The van der Waals surface area contributed by atoms with Gasteiger partial charge in [-0.3, -0.25) is 4.90 Å². The number of benzene rings is 1. The van der Waals surface area contributed by atoms with Crippen LogP contribution in [0.25, 0.3) is 10.9 Å². The molecule has 1 N–H and O–H groups in total. The minimum absolute atomic E-state index is 0.122. The van der Waals surface area contributed by atoms with Crippen LogP contribution in [-0.2, 0) is 0 Å². The van der Waals surface area contributed by atoms with Crippen molar-refractivity contribution in [3.8, 4) is 6.07 Å². The first kappa shape index (κ1) is 12.3. The number of likely N-dealkylation sites (tertiary alicyclic amines) is 1. The third-order valence-corrected chi connectivity index (χ3v) is 4.22. The zero-order valence-electron chi connectivity index (χ0n) is 11.3. The first-order valence-electron chi connectivity index (χ1n) is 6.99. The van der Waals surface area contributed by atoms with Crippen LogP contribution in [0.15, 0.2) is 30.5 Å². The fourth-order valence-corrected chi connectivity index (χ4v) is 2.95. The summed E-state index contributed by atoms with van der Waals surface area (Å²) >= 11 is 0. The highest BCUT2D eigenvalue weighted by molar-refractivity contribution is 5.83. The maximum Gasteiger partial charge on any atom is 0.125 e. The minimum Gasteiger partial charge on any atom is -0.361 e. The lowest BCUT2D eigenvalue weighted by Gasteiger charge is -2.33. The van der Waals surface area contributed by atoms with Crippen molar-refractivity contribution in [2.24, 2.45) is 5.92 Å². The Labute approximate surface area is 113 Å². The van der Waals surface area contributed by atoms with E-state index in [1.165, 1.54) is 18.2 Å². The van der Waals surface area contributed by atoms with E-state index >= 15 is 0 Å². The van der Waals surface area contributed by atoms with Crippen LogP contribution in [0.2, 0.25) is 0 Å². The highest BCUT2D eigenvalue weighted by Gasteiger charge is 2.26. The quantitative estimate of drug-likeness (QED) is 0.890. The molecule has 1 aliphatic rings. The molecule has 1 saturated heterocycles. The van der Waals surface area contributed by atoms with Gasteiger partial charge in [0.1, 0.15) is 6.04 Å². The predicted octanol–water partition coefficient (Wildman–Crippen LogP) is 3.46. The van der Waals surface area contributed by atoms with Crippen LogP contribution in [0.1, 0.15) is 31.4 Å². The van der Waals surface area contributed by atoms with Crippen molar-refractivity contribution >= 4 is 10.9 Å². The maximum atomic E-state index is 9.57. The molecule has 3 nitrogen and oxygen atoms in total. The van der Waals surface area contributed by atoms with Gasteiger partial charge >= 0.3 is 0 Å². The largest absolute Gasteiger partial charge is 0.361 e. The highest BCUT2D eigenvalue weighted by Crippen LogP contribution is 2.30. The third-order valence-electron chi connectivity index (χ3n) is 4.22. The molecule has 2 heterocycles. The molecule has 0 radical (unpaired) electrons. The molecule has 1 fully saturated rings. The molecule has 3 heteroatoms. The van der Waals surface area contributed by atoms with Gasteiger partial charge < -0.3 is 4.98 Å². The fourth-order valence-electron chi connectivity index (χ4n) is 2.95. The number of aromatic nitrogens is 1. The predicted molar refractivity (Wildman–Crippen MR) is 76.6 cm³/mol. The van der Waals surface area contributed by atoms with Crippen LogP contribution >= 0.6 is 0 Å². The monoisotopic (exact) mass is 253 g/mol. The zero-order valence-corrected chi connectivity index (χ0v) is 11.3. The molecule has 0 saturated carbocycles. The molecule has 0 bridgehead atoms.